The van der Waals surface area contributed by atoms with E-state index in [0.717, 1.165) is 0 Å². The van der Waals surface area contributed by atoms with E-state index in [-0.39, 0.29) is 5.75 Å². The molecule has 0 fully saturated rings. The smallest absolute Gasteiger partial charge is 0.168 e. The lowest BCUT2D eigenvalue weighted by molar-refractivity contribution is 0.376. The van der Waals surface area contributed by atoms with Gasteiger partial charge in [0.15, 0.2) is 11.6 Å². The molecule has 0 aliphatic rings. The van der Waals surface area contributed by atoms with Gasteiger partial charge in [0, 0.05) is 12.1 Å². The number of benzene rings is 1. The Balaban J connectivity index is 2.99. The van der Waals surface area contributed by atoms with Crippen molar-refractivity contribution in [2.24, 2.45) is 0 Å². The van der Waals surface area contributed by atoms with Crippen LogP contribution in [0.5, 0.6) is 11.5 Å². The lowest BCUT2D eigenvalue weighted by Gasteiger charge is -2.02. The van der Waals surface area contributed by atoms with Crippen LogP contribution >= 0.6 is 0 Å². The second-order valence-electron chi connectivity index (χ2n) is 1.92. The lowest BCUT2D eigenvalue weighted by atomic mass is 10.3. The molecule has 0 aliphatic carbocycles. The van der Waals surface area contributed by atoms with E-state index in [4.69, 9.17) is 4.74 Å². The molecule has 1 aromatic carbocycles. The number of methoxy groups -OCH3 is 2. The molecule has 0 bridgehead atoms. The van der Waals surface area contributed by atoms with Gasteiger partial charge < -0.3 is 9.47 Å². The third-order valence-electron chi connectivity index (χ3n) is 1.28. The summed E-state index contributed by atoms with van der Waals surface area (Å²) in [5, 5.41) is 0. The van der Waals surface area contributed by atoms with Crippen molar-refractivity contribution in [2.75, 3.05) is 14.2 Å². The third-order valence-corrected chi connectivity index (χ3v) is 1.28. The van der Waals surface area contributed by atoms with E-state index < -0.39 is 5.82 Å². The lowest BCUT2D eigenvalue weighted by Crippen LogP contribution is -1.89. The molecule has 0 unspecified atom stereocenters. The Labute approximate surface area is 64.6 Å². The molecule has 0 heterocycles. The van der Waals surface area contributed by atoms with E-state index in [2.05, 4.69) is 10.8 Å². The third kappa shape index (κ3) is 1.61. The first-order valence-corrected chi connectivity index (χ1v) is 3.07. The second kappa shape index (κ2) is 3.23. The zero-order valence-electron chi connectivity index (χ0n) is 6.35. The fourth-order valence-electron chi connectivity index (χ4n) is 0.708. The molecule has 0 saturated heterocycles. The predicted octanol–water partition coefficient (Wildman–Crippen LogP) is 1.64. The number of hydrogen-bond donors (Lipinski definition) is 0. The maximum atomic E-state index is 12.8. The molecular weight excluding hydrogens is 147 g/mol. The highest BCUT2D eigenvalue weighted by molar-refractivity contribution is 5.31. The largest absolute Gasteiger partial charge is 0.496 e. The summed E-state index contributed by atoms with van der Waals surface area (Å²) < 4.78 is 22.2. The standard InChI is InChI=1S/C8H8FO2/c1-10-6-3-4-8(11-2)7(9)5-6/h4-5H,1-2H3. The van der Waals surface area contributed by atoms with Crippen LogP contribution in [0, 0.1) is 11.9 Å². The monoisotopic (exact) mass is 155 g/mol. The van der Waals surface area contributed by atoms with Gasteiger partial charge in [-0.15, -0.1) is 0 Å². The molecule has 0 aromatic heterocycles. The van der Waals surface area contributed by atoms with Gasteiger partial charge in [-0.1, -0.05) is 0 Å². The Morgan fingerprint density at radius 3 is 2.55 bits per heavy atom. The van der Waals surface area contributed by atoms with Gasteiger partial charge in [0.05, 0.1) is 14.2 Å². The van der Waals surface area contributed by atoms with Gasteiger partial charge in [-0.05, 0) is 6.07 Å². The molecule has 3 heteroatoms. The van der Waals surface area contributed by atoms with Crippen LogP contribution in [0.1, 0.15) is 0 Å². The minimum Gasteiger partial charge on any atom is -0.496 e. The van der Waals surface area contributed by atoms with Crippen molar-refractivity contribution in [3.63, 3.8) is 0 Å². The summed E-state index contributed by atoms with van der Waals surface area (Å²) in [6.07, 6.45) is 0. The van der Waals surface area contributed by atoms with Gasteiger partial charge in [-0.25, -0.2) is 4.39 Å². The first-order valence-electron chi connectivity index (χ1n) is 3.07. The van der Waals surface area contributed by atoms with Crippen molar-refractivity contribution in [1.29, 1.82) is 0 Å². The van der Waals surface area contributed by atoms with E-state index in [0.29, 0.717) is 5.75 Å². The molecule has 0 saturated carbocycles. The van der Waals surface area contributed by atoms with E-state index in [1.165, 1.54) is 26.4 Å². The van der Waals surface area contributed by atoms with E-state index in [1.807, 2.05) is 0 Å². The molecule has 0 N–H and O–H groups in total. The van der Waals surface area contributed by atoms with Crippen LogP contribution in [-0.2, 0) is 0 Å². The Hall–Kier alpha value is -1.25. The molecule has 1 radical (unpaired) electrons. The van der Waals surface area contributed by atoms with Gasteiger partial charge in [0.1, 0.15) is 5.75 Å². The molecule has 0 atom stereocenters. The Bertz CT molecular complexity index is 248. The summed E-state index contributed by atoms with van der Waals surface area (Å²) in [6.45, 7) is 0. The highest BCUT2D eigenvalue weighted by Crippen LogP contribution is 2.20. The molecular formula is C8H8FO2. The predicted molar refractivity (Wildman–Crippen MR) is 38.3 cm³/mol. The molecule has 0 spiro atoms. The topological polar surface area (TPSA) is 18.5 Å². The molecule has 0 amide bonds. The SMILES string of the molecule is COc1[c]cc(OC)c(F)c1. The molecule has 0 aliphatic heterocycles. The van der Waals surface area contributed by atoms with Crippen LogP contribution in [0.2, 0.25) is 0 Å². The van der Waals surface area contributed by atoms with Crippen molar-refractivity contribution < 1.29 is 13.9 Å². The minimum absolute atomic E-state index is 0.172. The van der Waals surface area contributed by atoms with Gasteiger partial charge in [-0.3, -0.25) is 0 Å². The van der Waals surface area contributed by atoms with E-state index >= 15 is 0 Å². The maximum Gasteiger partial charge on any atom is 0.168 e. The number of hydrogen-bond acceptors (Lipinski definition) is 2. The Kier molecular flexibility index (Phi) is 2.31. The summed E-state index contributed by atoms with van der Waals surface area (Å²) in [6, 6.07) is 5.31. The van der Waals surface area contributed by atoms with Crippen LogP contribution in [0.3, 0.4) is 0 Å². The van der Waals surface area contributed by atoms with Crippen molar-refractivity contribution >= 4 is 0 Å². The molecule has 2 nitrogen and oxygen atoms in total. The Morgan fingerprint density at radius 2 is 2.09 bits per heavy atom. The highest BCUT2D eigenvalue weighted by atomic mass is 19.1. The van der Waals surface area contributed by atoms with Crippen molar-refractivity contribution in [2.45, 2.75) is 0 Å². The molecule has 1 rings (SSSR count). The second-order valence-corrected chi connectivity index (χ2v) is 1.92. The quantitative estimate of drug-likeness (QED) is 0.646. The number of rotatable bonds is 2. The molecule has 59 valence electrons. The summed E-state index contributed by atoms with van der Waals surface area (Å²) >= 11 is 0. The first kappa shape index (κ1) is 7.85. The van der Waals surface area contributed by atoms with Crippen LogP contribution in [0.15, 0.2) is 12.1 Å². The fourth-order valence-corrected chi connectivity index (χ4v) is 0.708. The average molecular weight is 155 g/mol. The maximum absolute atomic E-state index is 12.8. The summed E-state index contributed by atoms with van der Waals surface area (Å²) in [5.41, 5.74) is 0. The fraction of sp³-hybridized carbons (Fsp3) is 0.250. The molecule has 11 heavy (non-hydrogen) atoms. The molecule has 1 aromatic rings. The Morgan fingerprint density at radius 1 is 1.36 bits per heavy atom. The van der Waals surface area contributed by atoms with Crippen molar-refractivity contribution in [3.05, 3.63) is 24.0 Å². The zero-order chi connectivity index (χ0) is 8.27. The highest BCUT2D eigenvalue weighted by Gasteiger charge is 2.02. The van der Waals surface area contributed by atoms with E-state index in [9.17, 15) is 4.39 Å². The summed E-state index contributed by atoms with van der Waals surface area (Å²) in [7, 11) is 2.86. The number of ether oxygens (including phenoxy) is 2. The minimum atomic E-state index is -0.442. The summed E-state index contributed by atoms with van der Waals surface area (Å²) in [4.78, 5) is 0. The average Bonchev–Trinajstić information content (AvgIpc) is 2.04. The summed E-state index contributed by atoms with van der Waals surface area (Å²) in [5.74, 6) is 0.0946. The first-order chi connectivity index (χ1) is 5.27. The van der Waals surface area contributed by atoms with Crippen LogP contribution < -0.4 is 9.47 Å². The number of halogens is 1. The van der Waals surface area contributed by atoms with Gasteiger partial charge >= 0.3 is 0 Å². The van der Waals surface area contributed by atoms with Gasteiger partial charge in [0.25, 0.3) is 0 Å². The van der Waals surface area contributed by atoms with Crippen LogP contribution in [0.4, 0.5) is 4.39 Å². The van der Waals surface area contributed by atoms with Gasteiger partial charge in [0.2, 0.25) is 0 Å². The van der Waals surface area contributed by atoms with Gasteiger partial charge in [-0.2, -0.15) is 0 Å². The van der Waals surface area contributed by atoms with Crippen molar-refractivity contribution in [3.8, 4) is 11.5 Å². The van der Waals surface area contributed by atoms with Crippen LogP contribution in [-0.4, -0.2) is 14.2 Å². The van der Waals surface area contributed by atoms with Crippen molar-refractivity contribution in [1.82, 2.24) is 0 Å². The normalized spacial score (nSPS) is 9.36. The van der Waals surface area contributed by atoms with Crippen LogP contribution in [0.25, 0.3) is 0 Å². The van der Waals surface area contributed by atoms with E-state index in [1.54, 1.807) is 0 Å². The zero-order valence-corrected chi connectivity index (χ0v) is 6.35.